The first-order valence-electron chi connectivity index (χ1n) is 27.6. The van der Waals surface area contributed by atoms with Gasteiger partial charge >= 0.3 is 0 Å². The van der Waals surface area contributed by atoms with Crippen LogP contribution in [0.25, 0.3) is 0 Å². The Labute approximate surface area is 506 Å². The smallest absolute Gasteiger partial charge is 0.256 e. The molecule has 425 valence electrons. The molecule has 4 heterocycles. The molecular weight excluding hydrogens is 1130 g/mol. The molecule has 9 rings (SSSR count). The van der Waals surface area contributed by atoms with E-state index in [-0.39, 0.29) is 80.5 Å². The third kappa shape index (κ3) is 15.4. The summed E-state index contributed by atoms with van der Waals surface area (Å²) in [6.07, 6.45) is 2.90. The Kier molecular flexibility index (Phi) is 22.0. The van der Waals surface area contributed by atoms with E-state index in [1.807, 2.05) is 65.1 Å². The molecule has 2 N–H and O–H groups in total. The van der Waals surface area contributed by atoms with Crippen LogP contribution in [0.15, 0.2) is 91.0 Å². The summed E-state index contributed by atoms with van der Waals surface area (Å²) in [4.78, 5) is 49.5. The van der Waals surface area contributed by atoms with Crippen LogP contribution in [0.5, 0.6) is 17.2 Å². The fourth-order valence-corrected chi connectivity index (χ4v) is 13.3. The molecule has 4 aliphatic rings. The minimum Gasteiger partial charge on any atom is -0.522 e. The van der Waals surface area contributed by atoms with Crippen LogP contribution < -0.4 is 34.6 Å². The zero-order chi connectivity index (χ0) is 55.5. The monoisotopic (exact) mass is 1200 g/mol. The topological polar surface area (TPSA) is 144 Å². The number of nitrogens with zero attached hydrogens (tertiary/aromatic N) is 4. The summed E-state index contributed by atoms with van der Waals surface area (Å²) in [5.41, 5.74) is 11.3. The summed E-state index contributed by atoms with van der Waals surface area (Å²) in [5, 5.41) is 6.61. The number of ether oxygens (including phenoxy) is 6. The molecule has 4 aliphatic heterocycles. The molecule has 0 fully saturated rings. The molecule has 0 aliphatic carbocycles. The zero-order valence-electron chi connectivity index (χ0n) is 47.5. The van der Waals surface area contributed by atoms with E-state index in [4.69, 9.17) is 28.4 Å². The van der Waals surface area contributed by atoms with Gasteiger partial charge in [-0.05, 0) is 116 Å². The summed E-state index contributed by atoms with van der Waals surface area (Å²) >= 11 is 0. The average Bonchev–Trinajstić information content (AvgIpc) is 3.74. The molecule has 0 saturated carbocycles. The number of carbonyl (C=O) groups excluding carboxylic acids is 3. The Morgan fingerprint density at radius 2 is 1.44 bits per heavy atom. The van der Waals surface area contributed by atoms with Gasteiger partial charge in [-0.2, -0.15) is 0 Å². The van der Waals surface area contributed by atoms with E-state index in [1.54, 1.807) is 35.8 Å². The van der Waals surface area contributed by atoms with Gasteiger partial charge in [0.1, 0.15) is 19.0 Å². The minimum atomic E-state index is -0.246. The number of hydrogen-bond donors (Lipinski definition) is 2. The SMILES string of the molecule is CCCNC(=O)CCSSC(C)(C)CN(CCOCCOCCOC)c1cc(COc2cc3c(cc2C)C(=O)N2Cc4ccccc4C[C@H]2CN3)cc(COc2cc3c(cc2OC)C(=O)N2Cc4ccccc4C[C@H]2[CH-]N3C)c1.[Y]. The number of benzene rings is 5. The Bertz CT molecular complexity index is 2950. The van der Waals surface area contributed by atoms with Crippen molar-refractivity contribution in [2.75, 3.05) is 101 Å². The molecule has 3 amide bonds. The summed E-state index contributed by atoms with van der Waals surface area (Å²) in [6, 6.07) is 30.8. The molecule has 2 atom stereocenters. The summed E-state index contributed by atoms with van der Waals surface area (Å²) in [7, 11) is 8.74. The molecule has 0 bridgehead atoms. The zero-order valence-corrected chi connectivity index (χ0v) is 51.9. The van der Waals surface area contributed by atoms with Crippen LogP contribution in [0.2, 0.25) is 0 Å². The molecule has 5 aromatic carbocycles. The molecule has 5 aromatic rings. The molecule has 18 heteroatoms. The van der Waals surface area contributed by atoms with Gasteiger partial charge in [0, 0.05) is 120 Å². The van der Waals surface area contributed by atoms with Crippen molar-refractivity contribution < 1.29 is 75.5 Å². The van der Waals surface area contributed by atoms with E-state index in [9.17, 15) is 14.4 Å². The van der Waals surface area contributed by atoms with Crippen LogP contribution in [-0.2, 0) is 90.9 Å². The van der Waals surface area contributed by atoms with Gasteiger partial charge in [-0.3, -0.25) is 14.4 Å². The average molecular weight is 1200 g/mol. The normalized spacial score (nSPS) is 16.3. The largest absolute Gasteiger partial charge is 0.522 e. The number of likely N-dealkylation sites (N-methyl/N-ethyl adjacent to an activating group) is 1. The van der Waals surface area contributed by atoms with Crippen molar-refractivity contribution in [3.05, 3.63) is 148 Å². The summed E-state index contributed by atoms with van der Waals surface area (Å²) in [6.45, 7) is 17.1. The molecular formula is C62H77N6O9S2Y-. The number of hydrogen-bond acceptors (Lipinski definition) is 14. The molecule has 0 spiro atoms. The number of carbonyl (C=O) groups is 3. The fraction of sp³-hybridized carbons (Fsp3) is 0.452. The second kappa shape index (κ2) is 28.8. The van der Waals surface area contributed by atoms with Crippen molar-refractivity contribution in [1.82, 2.24) is 15.1 Å². The van der Waals surface area contributed by atoms with E-state index in [2.05, 4.69) is 97.4 Å². The third-order valence-electron chi connectivity index (χ3n) is 14.9. The number of methoxy groups -OCH3 is 2. The van der Waals surface area contributed by atoms with Crippen molar-refractivity contribution in [2.45, 2.75) is 96.5 Å². The van der Waals surface area contributed by atoms with Crippen molar-refractivity contribution in [1.29, 1.82) is 0 Å². The third-order valence-corrected chi connectivity index (χ3v) is 18.1. The van der Waals surface area contributed by atoms with Crippen molar-refractivity contribution in [3.8, 4) is 17.2 Å². The van der Waals surface area contributed by atoms with Crippen LogP contribution in [-0.4, -0.2) is 131 Å². The molecule has 0 aromatic heterocycles. The number of rotatable bonds is 26. The first kappa shape index (κ1) is 61.1. The summed E-state index contributed by atoms with van der Waals surface area (Å²) in [5.74, 6) is 2.41. The fourth-order valence-electron chi connectivity index (χ4n) is 10.8. The van der Waals surface area contributed by atoms with Gasteiger partial charge < -0.3 is 58.7 Å². The maximum atomic E-state index is 14.4. The Balaban J connectivity index is 0.00000841. The van der Waals surface area contributed by atoms with Crippen LogP contribution in [0.3, 0.4) is 0 Å². The van der Waals surface area contributed by atoms with Crippen LogP contribution in [0, 0.1) is 13.5 Å². The number of amides is 3. The standard InChI is InChI=1S/C62H77N6O9S2.Y/c1-8-18-63-59(69)17-25-78-79-62(3,4)41-66(19-20-74-23-24-75-22-21-72-6)49-28-43(39-76-56-33-54-52(26-42(56)2)60(70)67-36-47-15-11-9-13-45(47)30-50(67)35-64-54)27-44(29-49)40-77-58-34-55-53(32-57(58)73-7)61(71)68-37-48-16-12-10-14-46(48)31-51(68)38-65(55)5;/h9-16,26-29,32-34,38,50-51,64H,8,17-25,30-31,35-37,39-41H2,1-7H3,(H,63,69);/q-1;/t50-,51-;/m0./s1. The van der Waals surface area contributed by atoms with E-state index >= 15 is 0 Å². The van der Waals surface area contributed by atoms with E-state index in [1.165, 1.54) is 16.7 Å². The van der Waals surface area contributed by atoms with E-state index in [0.29, 0.717) is 113 Å². The molecule has 0 saturated heterocycles. The van der Waals surface area contributed by atoms with Gasteiger partial charge in [-0.25, -0.2) is 6.54 Å². The number of anilines is 3. The Morgan fingerprint density at radius 1 is 0.787 bits per heavy atom. The van der Waals surface area contributed by atoms with Gasteiger partial charge in [0.05, 0.1) is 63.0 Å². The van der Waals surface area contributed by atoms with Crippen molar-refractivity contribution in [2.24, 2.45) is 0 Å². The first-order valence-corrected chi connectivity index (χ1v) is 29.9. The second-order valence-electron chi connectivity index (χ2n) is 21.3. The Hall–Kier alpha value is -5.01. The van der Waals surface area contributed by atoms with Crippen LogP contribution in [0.4, 0.5) is 17.1 Å². The number of nitrogens with one attached hydrogen (secondary N) is 2. The molecule has 15 nitrogen and oxygen atoms in total. The predicted molar refractivity (Wildman–Crippen MR) is 316 cm³/mol. The molecule has 80 heavy (non-hydrogen) atoms. The van der Waals surface area contributed by atoms with Crippen molar-refractivity contribution in [3.63, 3.8) is 0 Å². The van der Waals surface area contributed by atoms with E-state index < -0.39 is 0 Å². The van der Waals surface area contributed by atoms with Gasteiger partial charge in [-0.1, -0.05) is 83.1 Å². The first-order chi connectivity index (χ1) is 38.3. The number of aryl methyl sites for hydroxylation is 1. The number of fused-ring (bicyclic) bond motifs is 6. The van der Waals surface area contributed by atoms with Crippen molar-refractivity contribution >= 4 is 56.4 Å². The summed E-state index contributed by atoms with van der Waals surface area (Å²) < 4.78 is 36.3. The maximum absolute atomic E-state index is 14.4. The van der Waals surface area contributed by atoms with E-state index in [0.717, 1.165) is 58.6 Å². The van der Waals surface area contributed by atoms with Crippen LogP contribution >= 0.6 is 21.6 Å². The van der Waals surface area contributed by atoms with Gasteiger partial charge in [0.15, 0.2) is 11.5 Å². The van der Waals surface area contributed by atoms with Crippen LogP contribution in [0.1, 0.15) is 93.3 Å². The van der Waals surface area contributed by atoms with Gasteiger partial charge in [0.2, 0.25) is 5.91 Å². The maximum Gasteiger partial charge on any atom is 0.256 e. The second-order valence-corrected chi connectivity index (χ2v) is 24.5. The minimum absolute atomic E-state index is 0. The predicted octanol–water partition coefficient (Wildman–Crippen LogP) is 9.89. The molecule has 0 unspecified atom stereocenters. The Morgan fingerprint density at radius 3 is 2.14 bits per heavy atom. The van der Waals surface area contributed by atoms with Gasteiger partial charge in [-0.15, -0.1) is 0 Å². The molecule has 1 radical (unpaired) electrons. The van der Waals surface area contributed by atoms with Gasteiger partial charge in [0.25, 0.3) is 11.8 Å². The quantitative estimate of drug-likeness (QED) is 0.0308.